The Morgan fingerprint density at radius 1 is 1.22 bits per heavy atom. The van der Waals surface area contributed by atoms with Crippen molar-refractivity contribution in [2.24, 2.45) is 0 Å². The highest BCUT2D eigenvalue weighted by Gasteiger charge is 2.20. The van der Waals surface area contributed by atoms with Gasteiger partial charge in [0.15, 0.2) is 0 Å². The summed E-state index contributed by atoms with van der Waals surface area (Å²) in [6.45, 7) is 0. The first kappa shape index (κ1) is 13.9. The van der Waals surface area contributed by atoms with Crippen LogP contribution < -0.4 is 5.32 Å². The molecule has 2 heterocycles. The van der Waals surface area contributed by atoms with E-state index in [1.807, 2.05) is 18.2 Å². The van der Waals surface area contributed by atoms with E-state index in [0.29, 0.717) is 11.5 Å². The summed E-state index contributed by atoms with van der Waals surface area (Å²) in [7, 11) is 0. The molecule has 4 rings (SSSR count). The number of pyridine rings is 1. The second-order valence-electron chi connectivity index (χ2n) is 6.03. The minimum atomic E-state index is -0.159. The average molecular weight is 306 g/mol. The molecular formula is C18H18N4O. The van der Waals surface area contributed by atoms with E-state index >= 15 is 0 Å². The third kappa shape index (κ3) is 2.82. The number of fused-ring (bicyclic) bond motifs is 1. The zero-order chi connectivity index (χ0) is 15.6. The van der Waals surface area contributed by atoms with Crippen LogP contribution in [0.1, 0.15) is 47.8 Å². The topological polar surface area (TPSA) is 70.7 Å². The molecule has 5 heteroatoms. The van der Waals surface area contributed by atoms with Gasteiger partial charge in [-0.2, -0.15) is 0 Å². The van der Waals surface area contributed by atoms with Crippen LogP contribution in [-0.4, -0.2) is 20.9 Å². The molecule has 0 spiro atoms. The number of anilines is 1. The van der Waals surface area contributed by atoms with Gasteiger partial charge in [-0.05, 0) is 43.2 Å². The lowest BCUT2D eigenvalue weighted by molar-refractivity contribution is 0.102. The molecule has 0 bridgehead atoms. The number of rotatable bonds is 3. The van der Waals surface area contributed by atoms with Crippen LogP contribution in [-0.2, 0) is 0 Å². The third-order valence-electron chi connectivity index (χ3n) is 4.42. The number of carbonyl (C=O) groups is 1. The summed E-state index contributed by atoms with van der Waals surface area (Å²) in [5.41, 5.74) is 3.22. The van der Waals surface area contributed by atoms with E-state index in [-0.39, 0.29) is 5.91 Å². The molecule has 0 atom stereocenters. The van der Waals surface area contributed by atoms with E-state index in [2.05, 4.69) is 15.3 Å². The Kier molecular flexibility index (Phi) is 3.54. The fraction of sp³-hybridized carbons (Fsp3) is 0.278. The molecule has 2 aromatic heterocycles. The molecule has 0 aliphatic heterocycles. The Labute approximate surface area is 134 Å². The van der Waals surface area contributed by atoms with Crippen LogP contribution in [0.3, 0.4) is 0 Å². The quantitative estimate of drug-likeness (QED) is 0.771. The van der Waals surface area contributed by atoms with Gasteiger partial charge >= 0.3 is 0 Å². The Balaban J connectivity index is 1.57. The number of H-pyrrole nitrogens is 1. The fourth-order valence-corrected chi connectivity index (χ4v) is 3.20. The van der Waals surface area contributed by atoms with Crippen LogP contribution in [0.25, 0.3) is 11.0 Å². The maximum absolute atomic E-state index is 12.2. The van der Waals surface area contributed by atoms with Gasteiger partial charge in [-0.1, -0.05) is 12.8 Å². The molecular weight excluding hydrogens is 288 g/mol. The Morgan fingerprint density at radius 3 is 2.87 bits per heavy atom. The van der Waals surface area contributed by atoms with E-state index in [4.69, 9.17) is 4.98 Å². The molecule has 0 saturated heterocycles. The lowest BCUT2D eigenvalue weighted by Gasteiger charge is -2.04. The highest BCUT2D eigenvalue weighted by molar-refractivity contribution is 6.04. The average Bonchev–Trinajstić information content (AvgIpc) is 3.24. The Hall–Kier alpha value is -2.69. The second kappa shape index (κ2) is 5.83. The molecule has 1 aliphatic carbocycles. The first-order valence-corrected chi connectivity index (χ1v) is 8.00. The van der Waals surface area contributed by atoms with Gasteiger partial charge in [0, 0.05) is 24.0 Å². The number of aromatic nitrogens is 3. The van der Waals surface area contributed by atoms with Crippen LogP contribution in [0.15, 0.2) is 42.7 Å². The first-order valence-electron chi connectivity index (χ1n) is 8.00. The number of benzene rings is 1. The number of imidazole rings is 1. The standard InChI is InChI=1S/C18H18N4O/c23-18(13-6-3-9-19-11-13)20-14-7-8-15-16(10-14)22-17(21-15)12-4-1-2-5-12/h3,6-12H,1-2,4-5H2,(H,20,23)(H,21,22). The van der Waals surface area contributed by atoms with Crippen LogP contribution in [0, 0.1) is 0 Å². The van der Waals surface area contributed by atoms with Crippen molar-refractivity contribution < 1.29 is 4.79 Å². The monoisotopic (exact) mass is 306 g/mol. The molecule has 3 aromatic rings. The van der Waals surface area contributed by atoms with E-state index in [9.17, 15) is 4.79 Å². The number of hydrogen-bond donors (Lipinski definition) is 2. The van der Waals surface area contributed by atoms with Gasteiger partial charge in [0.05, 0.1) is 16.6 Å². The summed E-state index contributed by atoms with van der Waals surface area (Å²) in [5, 5.41) is 2.90. The third-order valence-corrected chi connectivity index (χ3v) is 4.42. The van der Waals surface area contributed by atoms with Gasteiger partial charge < -0.3 is 10.3 Å². The summed E-state index contributed by atoms with van der Waals surface area (Å²) in [6.07, 6.45) is 8.21. The summed E-state index contributed by atoms with van der Waals surface area (Å²) in [4.78, 5) is 24.3. The zero-order valence-corrected chi connectivity index (χ0v) is 12.7. The Bertz CT molecular complexity index is 835. The van der Waals surface area contributed by atoms with Gasteiger partial charge in [-0.15, -0.1) is 0 Å². The van der Waals surface area contributed by atoms with E-state index < -0.39 is 0 Å². The maximum Gasteiger partial charge on any atom is 0.257 e. The summed E-state index contributed by atoms with van der Waals surface area (Å²) in [6, 6.07) is 9.27. The predicted octanol–water partition coefficient (Wildman–Crippen LogP) is 3.87. The fourth-order valence-electron chi connectivity index (χ4n) is 3.20. The van der Waals surface area contributed by atoms with Gasteiger partial charge in [-0.3, -0.25) is 9.78 Å². The SMILES string of the molecule is O=C(Nc1ccc2nc(C3CCCC3)[nH]c2c1)c1cccnc1. The molecule has 1 saturated carbocycles. The number of carbonyl (C=O) groups excluding carboxylic acids is 1. The lowest BCUT2D eigenvalue weighted by Crippen LogP contribution is -2.11. The van der Waals surface area contributed by atoms with Crippen molar-refractivity contribution in [2.75, 3.05) is 5.32 Å². The molecule has 116 valence electrons. The molecule has 1 aliphatic rings. The molecule has 0 unspecified atom stereocenters. The van der Waals surface area contributed by atoms with Gasteiger partial charge in [0.25, 0.3) is 5.91 Å². The van der Waals surface area contributed by atoms with Gasteiger partial charge in [0.1, 0.15) is 5.82 Å². The van der Waals surface area contributed by atoms with Gasteiger partial charge in [0.2, 0.25) is 0 Å². The minimum absolute atomic E-state index is 0.159. The van der Waals surface area contributed by atoms with Gasteiger partial charge in [-0.25, -0.2) is 4.98 Å². The molecule has 5 nitrogen and oxygen atoms in total. The summed E-state index contributed by atoms with van der Waals surface area (Å²) in [5.74, 6) is 1.47. The number of aromatic amines is 1. The van der Waals surface area contributed by atoms with E-state index in [1.54, 1.807) is 24.5 Å². The zero-order valence-electron chi connectivity index (χ0n) is 12.7. The van der Waals surface area contributed by atoms with E-state index in [0.717, 1.165) is 22.5 Å². The van der Waals surface area contributed by atoms with Crippen molar-refractivity contribution in [3.8, 4) is 0 Å². The lowest BCUT2D eigenvalue weighted by atomic mass is 10.1. The number of nitrogens with one attached hydrogen (secondary N) is 2. The van der Waals surface area contributed by atoms with Crippen molar-refractivity contribution in [1.29, 1.82) is 0 Å². The largest absolute Gasteiger partial charge is 0.342 e. The summed E-state index contributed by atoms with van der Waals surface area (Å²) < 4.78 is 0. The van der Waals surface area contributed by atoms with Crippen LogP contribution in [0.4, 0.5) is 5.69 Å². The number of hydrogen-bond acceptors (Lipinski definition) is 3. The first-order chi connectivity index (χ1) is 11.3. The minimum Gasteiger partial charge on any atom is -0.342 e. The smallest absolute Gasteiger partial charge is 0.257 e. The normalized spacial score (nSPS) is 15.1. The molecule has 2 N–H and O–H groups in total. The summed E-state index contributed by atoms with van der Waals surface area (Å²) >= 11 is 0. The van der Waals surface area contributed by atoms with Crippen LogP contribution in [0.2, 0.25) is 0 Å². The molecule has 1 aromatic carbocycles. The van der Waals surface area contributed by atoms with Crippen LogP contribution >= 0.6 is 0 Å². The molecule has 1 amide bonds. The van der Waals surface area contributed by atoms with Crippen molar-refractivity contribution in [2.45, 2.75) is 31.6 Å². The molecule has 23 heavy (non-hydrogen) atoms. The maximum atomic E-state index is 12.2. The van der Waals surface area contributed by atoms with Crippen molar-refractivity contribution in [3.63, 3.8) is 0 Å². The molecule has 1 fully saturated rings. The van der Waals surface area contributed by atoms with Crippen molar-refractivity contribution in [3.05, 3.63) is 54.1 Å². The predicted molar refractivity (Wildman–Crippen MR) is 89.5 cm³/mol. The van der Waals surface area contributed by atoms with E-state index in [1.165, 1.54) is 25.7 Å². The second-order valence-corrected chi connectivity index (χ2v) is 6.03. The highest BCUT2D eigenvalue weighted by atomic mass is 16.1. The van der Waals surface area contributed by atoms with Crippen molar-refractivity contribution in [1.82, 2.24) is 15.0 Å². The molecule has 0 radical (unpaired) electrons. The highest BCUT2D eigenvalue weighted by Crippen LogP contribution is 2.33. The number of amides is 1. The van der Waals surface area contributed by atoms with Crippen molar-refractivity contribution >= 4 is 22.6 Å². The van der Waals surface area contributed by atoms with Crippen LogP contribution in [0.5, 0.6) is 0 Å². The Morgan fingerprint density at radius 2 is 2.09 bits per heavy atom. The number of nitrogens with zero attached hydrogens (tertiary/aromatic N) is 2.